The molecule has 0 radical (unpaired) electrons. The molecule has 0 bridgehead atoms. The highest BCUT2D eigenvalue weighted by Gasteiger charge is 2.22. The smallest absolute Gasteiger partial charge is 0.190 e. The summed E-state index contributed by atoms with van der Waals surface area (Å²) in [4.78, 5) is 0.933. The van der Waals surface area contributed by atoms with Gasteiger partial charge in [0, 0.05) is 42.6 Å². The van der Waals surface area contributed by atoms with Crippen molar-refractivity contribution in [2.45, 2.75) is 5.92 Å². The number of fused-ring (bicyclic) bond motifs is 9. The second-order valence-corrected chi connectivity index (χ2v) is 12.1. The van der Waals surface area contributed by atoms with E-state index >= 15 is 0 Å². The minimum atomic E-state index is 0.0432. The normalized spacial score (nSPS) is 12.9. The van der Waals surface area contributed by atoms with Crippen LogP contribution in [0.3, 0.4) is 0 Å². The maximum absolute atomic E-state index is 6.36. The van der Waals surface area contributed by atoms with Crippen LogP contribution in [0.2, 0.25) is 5.02 Å². The van der Waals surface area contributed by atoms with E-state index in [9.17, 15) is 0 Å². The highest BCUT2D eigenvalue weighted by molar-refractivity contribution is 7.25. The first-order valence-corrected chi connectivity index (χ1v) is 14.8. The quantitative estimate of drug-likeness (QED) is 0.199. The molecule has 4 heteroatoms. The van der Waals surface area contributed by atoms with Gasteiger partial charge in [0.25, 0.3) is 0 Å². The summed E-state index contributed by atoms with van der Waals surface area (Å²) in [6.45, 7) is 0. The first kappa shape index (κ1) is 23.2. The van der Waals surface area contributed by atoms with Crippen LogP contribution in [0.1, 0.15) is 22.6 Å². The van der Waals surface area contributed by atoms with Crippen LogP contribution in [0.5, 0.6) is 0 Å². The molecule has 0 aliphatic heterocycles. The second-order valence-electron chi connectivity index (χ2n) is 10.7. The molecule has 6 aromatic carbocycles. The van der Waals surface area contributed by atoms with Crippen molar-refractivity contribution in [2.24, 2.45) is 0 Å². The Hall–Kier alpha value is -4.57. The standard InChI is InChI=1S/C37H21ClO2S/c38-26-13-16-33-30(20-26)36-28-14-11-25(19-34(28)41-37(36)40-33)35(23-10-9-21-5-1-2-6-22(21)17-23)24-12-15-32-29(18-24)27-7-3-4-8-31(27)39-32/h1-20,35H/t35-/m0/s1. The summed E-state index contributed by atoms with van der Waals surface area (Å²) < 4.78 is 13.6. The molecular formula is C37H21ClO2S. The van der Waals surface area contributed by atoms with Gasteiger partial charge in [0.1, 0.15) is 16.7 Å². The van der Waals surface area contributed by atoms with Crippen LogP contribution in [-0.4, -0.2) is 0 Å². The molecule has 194 valence electrons. The maximum Gasteiger partial charge on any atom is 0.190 e. The SMILES string of the molecule is Clc1ccc2oc3sc4cc([C@@H](c5ccc6ccccc6c5)c5ccc6oc7ccccc7c6c5)ccc4c3c2c1. The molecule has 0 spiro atoms. The zero-order valence-electron chi connectivity index (χ0n) is 21.7. The van der Waals surface area contributed by atoms with Crippen molar-refractivity contribution in [1.82, 2.24) is 0 Å². The average molecular weight is 565 g/mol. The fraction of sp³-hybridized carbons (Fsp3) is 0.0270. The van der Waals surface area contributed by atoms with Crippen molar-refractivity contribution in [2.75, 3.05) is 0 Å². The molecule has 0 amide bonds. The Labute approximate surface area is 244 Å². The highest BCUT2D eigenvalue weighted by Crippen LogP contribution is 2.44. The predicted octanol–water partition coefficient (Wildman–Crippen LogP) is 11.7. The fourth-order valence-electron chi connectivity index (χ4n) is 6.37. The molecule has 0 saturated heterocycles. The number of halogens is 1. The summed E-state index contributed by atoms with van der Waals surface area (Å²) in [5.41, 5.74) is 6.43. The topological polar surface area (TPSA) is 26.3 Å². The number of thiophene rings is 1. The van der Waals surface area contributed by atoms with Crippen LogP contribution < -0.4 is 0 Å². The summed E-state index contributed by atoms with van der Waals surface area (Å²) in [5, 5.41) is 8.88. The van der Waals surface area contributed by atoms with Gasteiger partial charge in [-0.1, -0.05) is 102 Å². The van der Waals surface area contributed by atoms with Gasteiger partial charge in [-0.05, 0) is 69.9 Å². The van der Waals surface area contributed by atoms with E-state index in [1.807, 2.05) is 30.3 Å². The molecule has 9 rings (SSSR count). The Morgan fingerprint density at radius 2 is 1.22 bits per heavy atom. The third kappa shape index (κ3) is 3.56. The largest absolute Gasteiger partial charge is 0.456 e. The van der Waals surface area contributed by atoms with Gasteiger partial charge >= 0.3 is 0 Å². The predicted molar refractivity (Wildman–Crippen MR) is 173 cm³/mol. The average Bonchev–Trinajstić information content (AvgIpc) is 3.66. The Morgan fingerprint density at radius 3 is 2.17 bits per heavy atom. The van der Waals surface area contributed by atoms with Gasteiger partial charge in [0.05, 0.1) is 0 Å². The Morgan fingerprint density at radius 1 is 0.512 bits per heavy atom. The van der Waals surface area contributed by atoms with E-state index in [4.69, 9.17) is 20.4 Å². The third-order valence-corrected chi connectivity index (χ3v) is 9.54. The highest BCUT2D eigenvalue weighted by atomic mass is 35.5. The molecule has 9 aromatic rings. The summed E-state index contributed by atoms with van der Waals surface area (Å²) in [5.74, 6) is 0.0432. The Bertz CT molecular complexity index is 2460. The van der Waals surface area contributed by atoms with Gasteiger partial charge < -0.3 is 8.83 Å². The number of benzene rings is 6. The minimum Gasteiger partial charge on any atom is -0.456 e. The van der Waals surface area contributed by atoms with Crippen LogP contribution in [-0.2, 0) is 0 Å². The zero-order chi connectivity index (χ0) is 27.1. The number of para-hydroxylation sites is 1. The van der Waals surface area contributed by atoms with E-state index in [0.29, 0.717) is 0 Å². The van der Waals surface area contributed by atoms with Crippen LogP contribution >= 0.6 is 22.9 Å². The third-order valence-electron chi connectivity index (χ3n) is 8.27. The lowest BCUT2D eigenvalue weighted by atomic mass is 9.83. The molecule has 0 saturated carbocycles. The molecule has 2 nitrogen and oxygen atoms in total. The molecule has 0 N–H and O–H groups in total. The van der Waals surface area contributed by atoms with Crippen LogP contribution in [0.25, 0.3) is 64.0 Å². The molecule has 3 aromatic heterocycles. The maximum atomic E-state index is 6.36. The van der Waals surface area contributed by atoms with E-state index in [1.165, 1.54) is 37.5 Å². The summed E-state index contributed by atoms with van der Waals surface area (Å²) in [6.07, 6.45) is 0. The van der Waals surface area contributed by atoms with Crippen molar-refractivity contribution in [3.63, 3.8) is 0 Å². The second kappa shape index (κ2) is 8.71. The van der Waals surface area contributed by atoms with Crippen molar-refractivity contribution in [1.29, 1.82) is 0 Å². The molecule has 0 fully saturated rings. The molecule has 1 atom stereocenters. The lowest BCUT2D eigenvalue weighted by molar-refractivity contribution is 0.668. The van der Waals surface area contributed by atoms with E-state index in [0.717, 1.165) is 48.2 Å². The fourth-order valence-corrected chi connectivity index (χ4v) is 7.67. The number of furan rings is 2. The van der Waals surface area contributed by atoms with Gasteiger partial charge in [-0.2, -0.15) is 0 Å². The van der Waals surface area contributed by atoms with Crippen molar-refractivity contribution >= 4 is 87.0 Å². The summed E-state index contributed by atoms with van der Waals surface area (Å²) in [6, 6.07) is 43.0. The van der Waals surface area contributed by atoms with Crippen molar-refractivity contribution in [3.05, 3.63) is 143 Å². The van der Waals surface area contributed by atoms with Gasteiger partial charge in [0.2, 0.25) is 0 Å². The van der Waals surface area contributed by atoms with Crippen LogP contribution in [0, 0.1) is 0 Å². The first-order valence-electron chi connectivity index (χ1n) is 13.6. The lowest BCUT2D eigenvalue weighted by Gasteiger charge is -2.20. The molecular weight excluding hydrogens is 544 g/mol. The molecule has 0 aliphatic carbocycles. The molecule has 41 heavy (non-hydrogen) atoms. The minimum absolute atomic E-state index is 0.0432. The number of hydrogen-bond donors (Lipinski definition) is 0. The molecule has 3 heterocycles. The van der Waals surface area contributed by atoms with E-state index in [2.05, 4.69) is 91.0 Å². The monoisotopic (exact) mass is 564 g/mol. The Balaban J connectivity index is 1.28. The van der Waals surface area contributed by atoms with Crippen molar-refractivity contribution in [3.8, 4) is 0 Å². The number of hydrogen-bond acceptors (Lipinski definition) is 3. The summed E-state index contributed by atoms with van der Waals surface area (Å²) >= 11 is 8.06. The number of rotatable bonds is 3. The van der Waals surface area contributed by atoms with E-state index in [1.54, 1.807) is 11.3 Å². The lowest BCUT2D eigenvalue weighted by Crippen LogP contribution is -2.03. The summed E-state index contributed by atoms with van der Waals surface area (Å²) in [7, 11) is 0. The van der Waals surface area contributed by atoms with Gasteiger partial charge in [-0.3, -0.25) is 0 Å². The van der Waals surface area contributed by atoms with Crippen molar-refractivity contribution < 1.29 is 8.83 Å². The van der Waals surface area contributed by atoms with E-state index in [-0.39, 0.29) is 5.92 Å². The van der Waals surface area contributed by atoms with Crippen LogP contribution in [0.15, 0.2) is 130 Å². The Kier molecular flexibility index (Phi) is 4.92. The molecule has 0 unspecified atom stereocenters. The van der Waals surface area contributed by atoms with Gasteiger partial charge in [-0.25, -0.2) is 0 Å². The zero-order valence-corrected chi connectivity index (χ0v) is 23.3. The first-order chi connectivity index (χ1) is 20.2. The van der Waals surface area contributed by atoms with Crippen LogP contribution in [0.4, 0.5) is 0 Å². The van der Waals surface area contributed by atoms with E-state index < -0.39 is 0 Å². The van der Waals surface area contributed by atoms with Gasteiger partial charge in [-0.15, -0.1) is 0 Å². The molecule has 0 aliphatic rings. The van der Waals surface area contributed by atoms with Gasteiger partial charge in [0.15, 0.2) is 4.90 Å².